The van der Waals surface area contributed by atoms with Gasteiger partial charge in [0.15, 0.2) is 0 Å². The van der Waals surface area contributed by atoms with Crippen molar-refractivity contribution in [1.82, 2.24) is 9.15 Å². The first-order valence-corrected chi connectivity index (χ1v) is 16.3. The van der Waals surface area contributed by atoms with Crippen LogP contribution in [0.2, 0.25) is 0 Å². The van der Waals surface area contributed by atoms with Gasteiger partial charge in [-0.3, -0.25) is 0 Å². The van der Waals surface area contributed by atoms with Crippen LogP contribution in [-0.4, -0.2) is 54.4 Å². The Morgan fingerprint density at radius 3 is 1.37 bits per heavy atom. The summed E-state index contributed by atoms with van der Waals surface area (Å²) < 4.78 is 17.8. The van der Waals surface area contributed by atoms with E-state index in [0.29, 0.717) is 0 Å². The highest BCUT2D eigenvalue weighted by molar-refractivity contribution is 5.84. The fourth-order valence-corrected chi connectivity index (χ4v) is 7.10. The van der Waals surface area contributed by atoms with E-state index < -0.39 is 0 Å². The zero-order valence-corrected chi connectivity index (χ0v) is 27.2. The van der Waals surface area contributed by atoms with Crippen molar-refractivity contribution < 1.29 is 8.83 Å². The fraction of sp³-hybridized carbons (Fsp3) is 0.514. The van der Waals surface area contributed by atoms with Crippen molar-refractivity contribution in [3.8, 4) is 0 Å². The molecule has 2 aliphatic heterocycles. The summed E-state index contributed by atoms with van der Waals surface area (Å²) in [7, 11) is 8.31. The number of benzene rings is 2. The van der Waals surface area contributed by atoms with Gasteiger partial charge in [0.2, 0.25) is 0 Å². The van der Waals surface area contributed by atoms with Crippen molar-refractivity contribution in [3.63, 3.8) is 0 Å². The number of rotatable bonds is 6. The van der Waals surface area contributed by atoms with E-state index in [1.54, 1.807) is 0 Å². The van der Waals surface area contributed by atoms with Crippen LogP contribution in [0.5, 0.6) is 0 Å². The normalized spacial score (nSPS) is 19.3. The first-order chi connectivity index (χ1) is 20.7. The summed E-state index contributed by atoms with van der Waals surface area (Å²) in [5, 5.41) is 2.41. The minimum Gasteiger partial charge on any atom is -0.405 e. The van der Waals surface area contributed by atoms with Gasteiger partial charge in [0, 0.05) is 88.2 Å². The summed E-state index contributed by atoms with van der Waals surface area (Å²) in [6.07, 6.45) is 9.14. The highest BCUT2D eigenvalue weighted by atomic mass is 16.3. The molecule has 0 atom stereocenters. The molecule has 0 N–H and O–H groups in total. The van der Waals surface area contributed by atoms with E-state index in [0.717, 1.165) is 60.3 Å². The largest absolute Gasteiger partial charge is 0.405 e. The molecule has 43 heavy (non-hydrogen) atoms. The van der Waals surface area contributed by atoms with Gasteiger partial charge < -0.3 is 18.6 Å². The summed E-state index contributed by atoms with van der Waals surface area (Å²) in [5.41, 5.74) is 8.95. The topological polar surface area (TPSA) is 38.8 Å². The van der Waals surface area contributed by atoms with Gasteiger partial charge in [0.25, 0.3) is 0 Å². The highest BCUT2D eigenvalue weighted by Crippen LogP contribution is 2.27. The Morgan fingerprint density at radius 2 is 1.00 bits per heavy atom. The monoisotopic (exact) mass is 582 g/mol. The van der Waals surface area contributed by atoms with E-state index in [2.05, 4.69) is 110 Å². The maximum Gasteiger partial charge on any atom is 0.368 e. The Balaban J connectivity index is 1.02. The van der Waals surface area contributed by atoms with Gasteiger partial charge in [-0.05, 0) is 73.9 Å². The standard InChI is InChI=1S/C37H50N4O2/c1-26-22-36(42-34-24-30(38(3)4)10-12-32(26)34)40-18-14-28(15-19-40)8-7-9-29-16-20-41(21-17-29)37-23-27(2)33-13-11-31(39(5)6)25-35(33)43-37/h10-13,22-25,28-29H,7-9,14-21H2,1-6H3/q+2. The second kappa shape index (κ2) is 12.6. The molecule has 0 amide bonds. The molecule has 0 bridgehead atoms. The van der Waals surface area contributed by atoms with Gasteiger partial charge in [-0.15, -0.1) is 0 Å². The zero-order chi connectivity index (χ0) is 30.1. The number of aryl methyl sites for hydroxylation is 2. The smallest absolute Gasteiger partial charge is 0.368 e. The van der Waals surface area contributed by atoms with E-state index in [4.69, 9.17) is 8.83 Å². The van der Waals surface area contributed by atoms with Crippen LogP contribution in [-0.2, 0) is 0 Å². The van der Waals surface area contributed by atoms with E-state index in [1.807, 2.05) is 0 Å². The lowest BCUT2D eigenvalue weighted by Crippen LogP contribution is -2.38. The maximum atomic E-state index is 6.44. The first-order valence-electron chi connectivity index (χ1n) is 16.3. The average molecular weight is 583 g/mol. The number of hydrogen-bond acceptors (Lipinski definition) is 4. The lowest BCUT2D eigenvalue weighted by Gasteiger charge is -2.23. The van der Waals surface area contributed by atoms with Crippen molar-refractivity contribution in [2.45, 2.75) is 58.8 Å². The molecule has 0 saturated carbocycles. The Bertz CT molecular complexity index is 1610. The molecule has 2 aromatic heterocycles. The van der Waals surface area contributed by atoms with Crippen LogP contribution >= 0.6 is 0 Å². The van der Waals surface area contributed by atoms with Crippen molar-refractivity contribution in [3.05, 3.63) is 70.8 Å². The minimum atomic E-state index is 0.838. The van der Waals surface area contributed by atoms with Gasteiger partial charge >= 0.3 is 11.1 Å². The van der Waals surface area contributed by atoms with Crippen LogP contribution in [0.25, 0.3) is 21.9 Å². The second-order valence-electron chi connectivity index (χ2n) is 13.5. The molecular formula is C37H50N4O2+2. The van der Waals surface area contributed by atoms with Crippen molar-refractivity contribution in [1.29, 1.82) is 0 Å². The van der Waals surface area contributed by atoms with Crippen LogP contribution < -0.4 is 30.1 Å². The SMILES string of the molecule is Cc1cc(=[N+]2CCC(CCCC3CC[N+](=c4cc(C)c5ccc(N(C)C)cc5o4)CC3)CC2)oc2cc(N(C)C)ccc12. The Kier molecular flexibility index (Phi) is 8.65. The molecular weight excluding hydrogens is 532 g/mol. The molecule has 2 fully saturated rings. The van der Waals surface area contributed by atoms with Crippen LogP contribution in [0.3, 0.4) is 0 Å². The molecule has 4 aromatic rings. The van der Waals surface area contributed by atoms with Crippen LogP contribution in [0.15, 0.2) is 57.4 Å². The number of anilines is 2. The third-order valence-electron chi connectivity index (χ3n) is 10.00. The zero-order valence-electron chi connectivity index (χ0n) is 27.2. The van der Waals surface area contributed by atoms with Gasteiger partial charge in [-0.1, -0.05) is 6.42 Å². The molecule has 6 heteroatoms. The summed E-state index contributed by atoms with van der Waals surface area (Å²) >= 11 is 0. The molecule has 4 heterocycles. The van der Waals surface area contributed by atoms with E-state index in [9.17, 15) is 0 Å². The van der Waals surface area contributed by atoms with Crippen molar-refractivity contribution in [2.24, 2.45) is 11.8 Å². The van der Waals surface area contributed by atoms with Gasteiger partial charge in [0.05, 0.1) is 12.1 Å². The molecule has 2 aliphatic rings. The molecule has 6 rings (SSSR count). The predicted molar refractivity (Wildman–Crippen MR) is 180 cm³/mol. The third-order valence-corrected chi connectivity index (χ3v) is 10.00. The molecule has 0 aliphatic carbocycles. The lowest BCUT2D eigenvalue weighted by molar-refractivity contribution is 0.266. The molecule has 0 spiro atoms. The molecule has 6 nitrogen and oxygen atoms in total. The molecule has 2 saturated heterocycles. The van der Waals surface area contributed by atoms with E-state index in [-0.39, 0.29) is 0 Å². The van der Waals surface area contributed by atoms with Crippen LogP contribution in [0.1, 0.15) is 56.1 Å². The minimum absolute atomic E-state index is 0.838. The number of piperidine rings is 2. The van der Waals surface area contributed by atoms with E-state index in [1.165, 1.54) is 78.2 Å². The Labute approximate surface area is 256 Å². The predicted octanol–water partition coefficient (Wildman–Crippen LogP) is 6.16. The Morgan fingerprint density at radius 1 is 0.605 bits per heavy atom. The molecule has 0 unspecified atom stereocenters. The summed E-state index contributed by atoms with van der Waals surface area (Å²) in [6.45, 7) is 8.77. The quantitative estimate of drug-likeness (QED) is 0.255. The third kappa shape index (κ3) is 6.53. The van der Waals surface area contributed by atoms with Gasteiger partial charge in [-0.25, -0.2) is 0 Å². The number of nitrogens with zero attached hydrogens (tertiary/aromatic N) is 4. The van der Waals surface area contributed by atoms with Crippen LogP contribution in [0.4, 0.5) is 11.4 Å². The number of fused-ring (bicyclic) bond motifs is 2. The van der Waals surface area contributed by atoms with Crippen molar-refractivity contribution in [2.75, 3.05) is 64.2 Å². The Hall–Kier alpha value is -3.54. The van der Waals surface area contributed by atoms with Crippen LogP contribution in [0, 0.1) is 25.7 Å². The van der Waals surface area contributed by atoms with Gasteiger partial charge in [-0.2, -0.15) is 9.15 Å². The van der Waals surface area contributed by atoms with E-state index >= 15 is 0 Å². The molecule has 228 valence electrons. The highest BCUT2D eigenvalue weighted by Gasteiger charge is 2.25. The van der Waals surface area contributed by atoms with Gasteiger partial charge in [0.1, 0.15) is 37.3 Å². The summed E-state index contributed by atoms with van der Waals surface area (Å²) in [4.78, 5) is 4.27. The summed E-state index contributed by atoms with van der Waals surface area (Å²) in [5.74, 6) is 1.68. The molecule has 0 radical (unpaired) electrons. The summed E-state index contributed by atoms with van der Waals surface area (Å²) in [6, 6.07) is 17.5. The first kappa shape index (κ1) is 29.5. The average Bonchev–Trinajstić information content (AvgIpc) is 3.01. The maximum absolute atomic E-state index is 6.44. The number of hydrogen-bond donors (Lipinski definition) is 0. The molecule has 2 aromatic carbocycles. The van der Waals surface area contributed by atoms with Crippen molar-refractivity contribution >= 4 is 33.3 Å². The second-order valence-corrected chi connectivity index (χ2v) is 13.5. The lowest BCUT2D eigenvalue weighted by atomic mass is 9.87. The fourth-order valence-electron chi connectivity index (χ4n) is 7.10.